The fourth-order valence-electron chi connectivity index (χ4n) is 6.02. The molecule has 0 atom stereocenters. The number of hydrogen-bond donors (Lipinski definition) is 5. The zero-order chi connectivity index (χ0) is 29.1. The van der Waals surface area contributed by atoms with Gasteiger partial charge in [-0.15, -0.1) is 0 Å². The summed E-state index contributed by atoms with van der Waals surface area (Å²) in [6.07, 6.45) is 8.95. The summed E-state index contributed by atoms with van der Waals surface area (Å²) in [5, 5.41) is 41.0. The topological polar surface area (TPSA) is 127 Å². The average Bonchev–Trinajstić information content (AvgIpc) is 3.77. The molecule has 3 aromatic heterocycles. The Hall–Kier alpha value is -4.34. The molecule has 8 bridgehead atoms. The maximum absolute atomic E-state index is 10.3. The van der Waals surface area contributed by atoms with Gasteiger partial charge in [0.2, 0.25) is 0 Å². The Labute approximate surface area is 243 Å². The zero-order valence-corrected chi connectivity index (χ0v) is 23.3. The predicted molar refractivity (Wildman–Crippen MR) is 167 cm³/mol. The summed E-state index contributed by atoms with van der Waals surface area (Å²) < 4.78 is 2.08. The van der Waals surface area contributed by atoms with Crippen molar-refractivity contribution < 1.29 is 20.4 Å². The van der Waals surface area contributed by atoms with Gasteiger partial charge in [0.15, 0.2) is 0 Å². The molecule has 2 aliphatic rings. The minimum absolute atomic E-state index is 0.0371. The van der Waals surface area contributed by atoms with Gasteiger partial charge in [-0.05, 0) is 84.5 Å². The summed E-state index contributed by atoms with van der Waals surface area (Å²) in [5.41, 5.74) is 11.1. The molecule has 0 saturated carbocycles. The highest BCUT2D eigenvalue weighted by Gasteiger charge is 2.22. The number of aliphatic hydroxyl groups is 4. The molecule has 1 aromatic carbocycles. The highest BCUT2D eigenvalue weighted by Crippen LogP contribution is 2.38. The minimum atomic E-state index is -0.105. The van der Waals surface area contributed by atoms with Gasteiger partial charge in [-0.2, -0.15) is 0 Å². The molecule has 0 aliphatic carbocycles. The summed E-state index contributed by atoms with van der Waals surface area (Å²) in [7, 11) is 0. The number of H-pyrrole nitrogens is 1. The van der Waals surface area contributed by atoms with Crippen LogP contribution in [0.2, 0.25) is 0 Å². The Kier molecular flexibility index (Phi) is 8.12. The molecule has 0 saturated heterocycles. The van der Waals surface area contributed by atoms with Gasteiger partial charge in [0.05, 0.1) is 40.4 Å². The molecule has 4 aromatic rings. The SMILES string of the molecule is OCCc1cc2cc3nc(cc4nc(cc5c(-c6ccccc6)c(CCO)c(c(CCO)c1[nH]2)n5CCO)C=C4)C=C3. The lowest BCUT2D eigenvalue weighted by Crippen LogP contribution is -2.06. The molecular formula is C34H34N4O4. The molecule has 8 nitrogen and oxygen atoms in total. The minimum Gasteiger partial charge on any atom is -0.396 e. The van der Waals surface area contributed by atoms with Gasteiger partial charge in [-0.1, -0.05) is 30.3 Å². The van der Waals surface area contributed by atoms with Gasteiger partial charge in [0.25, 0.3) is 0 Å². The Morgan fingerprint density at radius 3 is 1.90 bits per heavy atom. The van der Waals surface area contributed by atoms with Crippen LogP contribution in [0.3, 0.4) is 0 Å². The second-order valence-electron chi connectivity index (χ2n) is 10.4. The number of rotatable bonds is 9. The molecule has 6 rings (SSSR count). The summed E-state index contributed by atoms with van der Waals surface area (Å²) in [4.78, 5) is 13.2. The average molecular weight is 563 g/mol. The first kappa shape index (κ1) is 27.8. The molecule has 5 heterocycles. The lowest BCUT2D eigenvalue weighted by molar-refractivity contribution is 0.279. The summed E-state index contributed by atoms with van der Waals surface area (Å²) >= 11 is 0. The van der Waals surface area contributed by atoms with Crippen LogP contribution in [0, 0.1) is 0 Å². The van der Waals surface area contributed by atoms with Crippen molar-refractivity contribution in [2.75, 3.05) is 26.4 Å². The van der Waals surface area contributed by atoms with E-state index < -0.39 is 0 Å². The molecule has 0 spiro atoms. The second-order valence-corrected chi connectivity index (χ2v) is 10.4. The molecule has 0 unspecified atom stereocenters. The van der Waals surface area contributed by atoms with Crippen LogP contribution in [0.15, 0.2) is 54.6 Å². The fourth-order valence-corrected chi connectivity index (χ4v) is 6.02. The second kappa shape index (κ2) is 12.3. The number of aliphatic hydroxyl groups excluding tert-OH is 4. The highest BCUT2D eigenvalue weighted by molar-refractivity contribution is 5.95. The van der Waals surface area contributed by atoms with E-state index >= 15 is 0 Å². The molecular weight excluding hydrogens is 528 g/mol. The van der Waals surface area contributed by atoms with Crippen LogP contribution < -0.4 is 0 Å². The maximum Gasteiger partial charge on any atom is 0.0659 e. The summed E-state index contributed by atoms with van der Waals surface area (Å²) in [5.74, 6) is 0. The third-order valence-corrected chi connectivity index (χ3v) is 7.65. The molecule has 0 radical (unpaired) electrons. The van der Waals surface area contributed by atoms with Crippen LogP contribution in [0.1, 0.15) is 39.5 Å². The summed E-state index contributed by atoms with van der Waals surface area (Å²) in [6.45, 7) is -0.0227. The van der Waals surface area contributed by atoms with E-state index in [4.69, 9.17) is 9.97 Å². The Morgan fingerprint density at radius 1 is 0.643 bits per heavy atom. The van der Waals surface area contributed by atoms with E-state index in [2.05, 4.69) is 9.55 Å². The lowest BCUT2D eigenvalue weighted by atomic mass is 9.97. The first-order chi connectivity index (χ1) is 20.6. The molecule has 214 valence electrons. The smallest absolute Gasteiger partial charge is 0.0659 e. The van der Waals surface area contributed by atoms with E-state index in [1.54, 1.807) is 0 Å². The first-order valence-corrected chi connectivity index (χ1v) is 14.3. The molecule has 42 heavy (non-hydrogen) atoms. The maximum atomic E-state index is 10.3. The number of nitrogens with one attached hydrogen (secondary N) is 1. The first-order valence-electron chi connectivity index (χ1n) is 14.3. The van der Waals surface area contributed by atoms with Crippen molar-refractivity contribution in [3.8, 4) is 11.1 Å². The monoisotopic (exact) mass is 562 g/mol. The number of hydrogen-bond acceptors (Lipinski definition) is 6. The third-order valence-electron chi connectivity index (χ3n) is 7.65. The van der Waals surface area contributed by atoms with Crippen LogP contribution in [0.25, 0.3) is 57.5 Å². The van der Waals surface area contributed by atoms with Crippen LogP contribution in [-0.2, 0) is 25.8 Å². The van der Waals surface area contributed by atoms with Crippen molar-refractivity contribution in [1.29, 1.82) is 0 Å². The molecule has 0 amide bonds. The van der Waals surface area contributed by atoms with E-state index in [0.717, 1.165) is 72.7 Å². The molecule has 5 N–H and O–H groups in total. The predicted octanol–water partition coefficient (Wildman–Crippen LogP) is 4.39. The van der Waals surface area contributed by atoms with Crippen molar-refractivity contribution in [3.63, 3.8) is 0 Å². The van der Waals surface area contributed by atoms with Crippen LogP contribution in [0.4, 0.5) is 0 Å². The van der Waals surface area contributed by atoms with Crippen molar-refractivity contribution in [2.45, 2.75) is 25.8 Å². The summed E-state index contributed by atoms with van der Waals surface area (Å²) in [6, 6.07) is 18.0. The van der Waals surface area contributed by atoms with E-state index in [9.17, 15) is 20.4 Å². The Bertz CT molecular complexity index is 1830. The van der Waals surface area contributed by atoms with Gasteiger partial charge in [-0.3, -0.25) is 0 Å². The fraction of sp³-hybridized carbons (Fsp3) is 0.235. The quantitative estimate of drug-likeness (QED) is 0.178. The lowest BCUT2D eigenvalue weighted by Gasteiger charge is -2.11. The van der Waals surface area contributed by atoms with Crippen molar-refractivity contribution in [3.05, 3.63) is 94.1 Å². The molecule has 0 fully saturated rings. The standard InChI is InChI=1S/C34H34N4O4/c39-14-10-23-18-28-20-26-7-6-24(35-26)19-25-8-9-27(36-25)21-31-32(22-4-2-1-3-5-22)29(11-15-40)34(38(31)13-17-42)30(12-16-41)33(23)37-28/h1-9,18-21,37,39-42H,10-17H2. The molecule has 2 aliphatic heterocycles. The van der Waals surface area contributed by atoms with Crippen molar-refractivity contribution >= 4 is 46.4 Å². The van der Waals surface area contributed by atoms with Crippen molar-refractivity contribution in [2.24, 2.45) is 0 Å². The van der Waals surface area contributed by atoms with Gasteiger partial charge >= 0.3 is 0 Å². The number of nitrogens with zero attached hydrogens (tertiary/aromatic N) is 3. The van der Waals surface area contributed by atoms with Gasteiger partial charge in [-0.25, -0.2) is 9.97 Å². The highest BCUT2D eigenvalue weighted by atomic mass is 16.3. The number of fused-ring (bicyclic) bond motifs is 8. The van der Waals surface area contributed by atoms with Gasteiger partial charge < -0.3 is 30.0 Å². The number of aromatic nitrogens is 4. The van der Waals surface area contributed by atoms with Crippen LogP contribution >= 0.6 is 0 Å². The van der Waals surface area contributed by atoms with E-state index in [0.29, 0.717) is 25.8 Å². The largest absolute Gasteiger partial charge is 0.396 e. The van der Waals surface area contributed by atoms with E-state index in [1.165, 1.54) is 0 Å². The zero-order valence-electron chi connectivity index (χ0n) is 23.3. The Morgan fingerprint density at radius 2 is 1.26 bits per heavy atom. The van der Waals surface area contributed by atoms with Crippen LogP contribution in [-0.4, -0.2) is 66.4 Å². The number of aromatic amines is 1. The van der Waals surface area contributed by atoms with Crippen LogP contribution in [0.5, 0.6) is 0 Å². The van der Waals surface area contributed by atoms with E-state index in [-0.39, 0.29) is 26.4 Å². The van der Waals surface area contributed by atoms with Gasteiger partial charge in [0, 0.05) is 48.5 Å². The van der Waals surface area contributed by atoms with E-state index in [1.807, 2.05) is 78.9 Å². The molecule has 8 heteroatoms. The van der Waals surface area contributed by atoms with Crippen molar-refractivity contribution in [1.82, 2.24) is 19.5 Å². The number of benzene rings is 1. The normalized spacial score (nSPS) is 12.4. The van der Waals surface area contributed by atoms with Gasteiger partial charge in [0.1, 0.15) is 0 Å². The third kappa shape index (κ3) is 5.33. The Balaban J connectivity index is 1.89.